The van der Waals surface area contributed by atoms with Crippen LogP contribution in [-0.2, 0) is 9.59 Å². The molecule has 0 aliphatic carbocycles. The molecule has 0 spiro atoms. The van der Waals surface area contributed by atoms with Crippen molar-refractivity contribution in [2.45, 2.75) is 25.8 Å². The molecule has 2 aliphatic rings. The van der Waals surface area contributed by atoms with Gasteiger partial charge in [-0.15, -0.1) is 0 Å². The van der Waals surface area contributed by atoms with Crippen LogP contribution in [-0.4, -0.2) is 34.5 Å². The van der Waals surface area contributed by atoms with E-state index in [1.807, 2.05) is 6.07 Å². The van der Waals surface area contributed by atoms with E-state index >= 15 is 0 Å². The number of carbonyl (C=O) groups is 3. The molecule has 2 aliphatic heterocycles. The fraction of sp³-hybridized carbons (Fsp3) is 0.267. The average molecular weight is 296 g/mol. The summed E-state index contributed by atoms with van der Waals surface area (Å²) in [6.07, 6.45) is 0.660. The smallest absolute Gasteiger partial charge is 0.296 e. The number of hydrogen-bond donors (Lipinski definition) is 0. The molecule has 22 heavy (non-hydrogen) atoms. The highest BCUT2D eigenvalue weighted by atomic mass is 16.2. The van der Waals surface area contributed by atoms with Crippen molar-refractivity contribution in [2.75, 3.05) is 4.90 Å². The monoisotopic (exact) mass is 296 g/mol. The van der Waals surface area contributed by atoms with E-state index in [1.165, 1.54) is 0 Å². The Bertz CT molecular complexity index is 792. The number of imide groups is 1. The third kappa shape index (κ3) is 1.67. The second-order valence-electron chi connectivity index (χ2n) is 5.51. The molecule has 0 radical (unpaired) electrons. The Hall–Kier alpha value is -3.01. The van der Waals surface area contributed by atoms with Gasteiger partial charge in [-0.05, 0) is 37.6 Å². The average Bonchev–Trinajstić information content (AvgIpc) is 2.93. The van der Waals surface area contributed by atoms with Crippen LogP contribution in [0.2, 0.25) is 0 Å². The number of anilines is 1. The molecular formula is C15H12N4O3. The van der Waals surface area contributed by atoms with Crippen molar-refractivity contribution < 1.29 is 14.4 Å². The summed E-state index contributed by atoms with van der Waals surface area (Å²) in [4.78, 5) is 37.0. The first kappa shape index (κ1) is 13.9. The minimum Gasteiger partial charge on any atom is -0.296 e. The van der Waals surface area contributed by atoms with E-state index in [0.29, 0.717) is 23.1 Å². The minimum atomic E-state index is -1.16. The van der Waals surface area contributed by atoms with Crippen molar-refractivity contribution >= 4 is 29.6 Å². The van der Waals surface area contributed by atoms with Crippen molar-refractivity contribution in [3.63, 3.8) is 0 Å². The fourth-order valence-corrected chi connectivity index (χ4v) is 2.75. The molecule has 3 rings (SSSR count). The summed E-state index contributed by atoms with van der Waals surface area (Å²) in [7, 11) is 0. The Morgan fingerprint density at radius 2 is 2.14 bits per heavy atom. The Morgan fingerprint density at radius 1 is 1.41 bits per heavy atom. The second-order valence-corrected chi connectivity index (χ2v) is 5.51. The van der Waals surface area contributed by atoms with Crippen LogP contribution in [0.25, 0.3) is 0 Å². The number of hydrogen-bond acceptors (Lipinski definition) is 5. The molecule has 1 fully saturated rings. The highest BCUT2D eigenvalue weighted by molar-refractivity contribution is 6.34. The van der Waals surface area contributed by atoms with Crippen molar-refractivity contribution in [1.82, 2.24) is 5.01 Å². The standard InChI is InChI=1S/C15H12N4O3/c1-9-5-12(4-3-10(9)7-16)18-13(21)15(2)6-11(8-20)17-19(15)14(18)22/h3-5,8H,6H2,1-2H3. The first-order valence-corrected chi connectivity index (χ1v) is 6.64. The zero-order chi connectivity index (χ0) is 16.1. The molecule has 1 aromatic carbocycles. The predicted molar refractivity (Wildman–Crippen MR) is 77.1 cm³/mol. The summed E-state index contributed by atoms with van der Waals surface area (Å²) in [5.74, 6) is -0.429. The zero-order valence-corrected chi connectivity index (χ0v) is 12.0. The van der Waals surface area contributed by atoms with Gasteiger partial charge in [-0.25, -0.2) is 9.69 Å². The fourth-order valence-electron chi connectivity index (χ4n) is 2.75. The van der Waals surface area contributed by atoms with E-state index < -0.39 is 17.5 Å². The van der Waals surface area contributed by atoms with Gasteiger partial charge in [0.1, 0.15) is 5.71 Å². The van der Waals surface area contributed by atoms with Crippen molar-refractivity contribution in [3.8, 4) is 6.07 Å². The summed E-state index contributed by atoms with van der Waals surface area (Å²) < 4.78 is 0. The van der Waals surface area contributed by atoms with Gasteiger partial charge in [0.05, 0.1) is 17.3 Å². The molecule has 0 aromatic heterocycles. The largest absolute Gasteiger partial charge is 0.352 e. The van der Waals surface area contributed by atoms with Crippen molar-refractivity contribution in [2.24, 2.45) is 5.10 Å². The van der Waals surface area contributed by atoms with Gasteiger partial charge in [0.2, 0.25) is 0 Å². The highest BCUT2D eigenvalue weighted by Crippen LogP contribution is 2.38. The molecule has 7 heteroatoms. The summed E-state index contributed by atoms with van der Waals surface area (Å²) in [5.41, 5.74) is 0.574. The van der Waals surface area contributed by atoms with Gasteiger partial charge in [0.25, 0.3) is 5.91 Å². The van der Waals surface area contributed by atoms with Crippen LogP contribution in [0.1, 0.15) is 24.5 Å². The number of aryl methyl sites for hydroxylation is 1. The number of nitriles is 1. The molecule has 1 aromatic rings. The quantitative estimate of drug-likeness (QED) is 0.608. The third-order valence-corrected chi connectivity index (χ3v) is 3.98. The third-order valence-electron chi connectivity index (χ3n) is 3.98. The first-order valence-electron chi connectivity index (χ1n) is 6.64. The zero-order valence-electron chi connectivity index (χ0n) is 12.0. The number of rotatable bonds is 2. The molecule has 0 saturated carbocycles. The van der Waals surface area contributed by atoms with Crippen LogP contribution in [0, 0.1) is 18.3 Å². The number of benzene rings is 1. The van der Waals surface area contributed by atoms with Crippen LogP contribution in [0.4, 0.5) is 10.5 Å². The van der Waals surface area contributed by atoms with Crippen LogP contribution < -0.4 is 4.90 Å². The Kier molecular flexibility index (Phi) is 2.85. The number of carbonyl (C=O) groups excluding carboxylic acids is 3. The Labute approximate surface area is 126 Å². The molecule has 3 amide bonds. The highest BCUT2D eigenvalue weighted by Gasteiger charge is 2.58. The summed E-state index contributed by atoms with van der Waals surface area (Å²) in [5, 5.41) is 13.9. The Morgan fingerprint density at radius 3 is 2.68 bits per heavy atom. The van der Waals surface area contributed by atoms with Gasteiger partial charge in [-0.1, -0.05) is 0 Å². The predicted octanol–water partition coefficient (Wildman–Crippen LogP) is 1.35. The first-order chi connectivity index (χ1) is 10.4. The van der Waals surface area contributed by atoms with Crippen molar-refractivity contribution in [3.05, 3.63) is 29.3 Å². The number of urea groups is 1. The summed E-state index contributed by atoms with van der Waals surface area (Å²) in [6, 6.07) is 6.18. The molecule has 110 valence electrons. The maximum atomic E-state index is 12.7. The number of aldehydes is 1. The van der Waals surface area contributed by atoms with E-state index in [4.69, 9.17) is 5.26 Å². The van der Waals surface area contributed by atoms with Gasteiger partial charge < -0.3 is 0 Å². The maximum absolute atomic E-state index is 12.7. The molecule has 1 saturated heterocycles. The SMILES string of the molecule is Cc1cc(N2C(=O)N3N=C(C=O)CC3(C)C2=O)ccc1C#N. The van der Waals surface area contributed by atoms with Crippen LogP contribution in [0.15, 0.2) is 23.3 Å². The molecule has 0 N–H and O–H groups in total. The maximum Gasteiger partial charge on any atom is 0.352 e. The normalized spacial score (nSPS) is 23.4. The molecule has 1 unspecified atom stereocenters. The lowest BCUT2D eigenvalue weighted by atomic mass is 9.96. The van der Waals surface area contributed by atoms with E-state index in [9.17, 15) is 14.4 Å². The van der Waals surface area contributed by atoms with E-state index in [0.717, 1.165) is 9.91 Å². The van der Waals surface area contributed by atoms with E-state index in [-0.39, 0.29) is 12.1 Å². The molecule has 2 heterocycles. The lowest BCUT2D eigenvalue weighted by molar-refractivity contribution is -0.123. The van der Waals surface area contributed by atoms with Gasteiger partial charge in [-0.3, -0.25) is 9.59 Å². The summed E-state index contributed by atoms with van der Waals surface area (Å²) in [6.45, 7) is 3.32. The van der Waals surface area contributed by atoms with Crippen molar-refractivity contribution in [1.29, 1.82) is 5.26 Å². The van der Waals surface area contributed by atoms with E-state index in [1.54, 1.807) is 32.0 Å². The molecule has 1 atom stereocenters. The van der Waals surface area contributed by atoms with E-state index in [2.05, 4.69) is 5.10 Å². The molecular weight excluding hydrogens is 284 g/mol. The minimum absolute atomic E-state index is 0.104. The van der Waals surface area contributed by atoms with Crippen LogP contribution in [0.3, 0.4) is 0 Å². The van der Waals surface area contributed by atoms with Gasteiger partial charge in [0.15, 0.2) is 11.8 Å². The number of hydrazone groups is 1. The molecule has 0 bridgehead atoms. The lowest BCUT2D eigenvalue weighted by Gasteiger charge is -2.19. The van der Waals surface area contributed by atoms with Gasteiger partial charge >= 0.3 is 6.03 Å². The van der Waals surface area contributed by atoms with Crippen LogP contribution in [0.5, 0.6) is 0 Å². The summed E-state index contributed by atoms with van der Waals surface area (Å²) >= 11 is 0. The number of amides is 3. The van der Waals surface area contributed by atoms with Gasteiger partial charge in [0, 0.05) is 6.42 Å². The second kappa shape index (κ2) is 4.49. The van der Waals surface area contributed by atoms with Gasteiger partial charge in [-0.2, -0.15) is 15.4 Å². The topological polar surface area (TPSA) is 93.8 Å². The lowest BCUT2D eigenvalue weighted by Crippen LogP contribution is -2.42. The number of nitrogens with zero attached hydrogens (tertiary/aromatic N) is 4. The molecule has 7 nitrogen and oxygen atoms in total. The van der Waals surface area contributed by atoms with Crippen LogP contribution >= 0.6 is 0 Å². The Balaban J connectivity index is 2.04. The number of fused-ring (bicyclic) bond motifs is 1.